The van der Waals surface area contributed by atoms with Crippen LogP contribution in [0.1, 0.15) is 24.3 Å². The summed E-state index contributed by atoms with van der Waals surface area (Å²) >= 11 is 0. The van der Waals surface area contributed by atoms with E-state index in [0.29, 0.717) is 16.8 Å². The molecule has 1 fully saturated rings. The Morgan fingerprint density at radius 1 is 1.12 bits per heavy atom. The highest BCUT2D eigenvalue weighted by molar-refractivity contribution is 5.92. The van der Waals surface area contributed by atoms with Gasteiger partial charge in [-0.05, 0) is 60.2 Å². The molecule has 5 nitrogen and oxygen atoms in total. The van der Waals surface area contributed by atoms with Crippen LogP contribution in [-0.2, 0) is 4.74 Å². The summed E-state index contributed by atoms with van der Waals surface area (Å²) in [6, 6.07) is 4.83. The zero-order valence-corrected chi connectivity index (χ0v) is 16.8. The number of ether oxygens (including phenoxy) is 1. The quantitative estimate of drug-likeness (QED) is 0.450. The molecule has 11 heteroatoms. The van der Waals surface area contributed by atoms with E-state index in [4.69, 9.17) is 9.84 Å². The second-order valence-corrected chi connectivity index (χ2v) is 7.85. The van der Waals surface area contributed by atoms with E-state index in [1.165, 1.54) is 24.3 Å². The third kappa shape index (κ3) is 4.63. The molecule has 1 atom stereocenters. The number of aliphatic hydroxyl groups excluding tert-OH is 1. The van der Waals surface area contributed by atoms with E-state index in [0.717, 1.165) is 12.1 Å². The van der Waals surface area contributed by atoms with Gasteiger partial charge in [0, 0.05) is 11.5 Å². The molecule has 3 N–H and O–H groups in total. The molecule has 0 spiro atoms. The Labute approximate surface area is 183 Å². The number of hydrogen-bond acceptors (Lipinski definition) is 3. The van der Waals surface area contributed by atoms with E-state index in [9.17, 15) is 31.1 Å². The second-order valence-electron chi connectivity index (χ2n) is 7.85. The van der Waals surface area contributed by atoms with Crippen LogP contribution in [0.5, 0.6) is 0 Å². The van der Waals surface area contributed by atoms with Crippen molar-refractivity contribution >= 4 is 17.0 Å². The summed E-state index contributed by atoms with van der Waals surface area (Å²) in [6.07, 6.45) is -6.50. The number of fused-ring (bicyclic) bond motifs is 1. The number of amides is 1. The first-order valence-corrected chi connectivity index (χ1v) is 9.98. The number of nitrogens with one attached hydrogen (secondary N) is 2. The molecule has 1 saturated carbocycles. The lowest BCUT2D eigenvalue weighted by Gasteiger charge is -2.35. The minimum absolute atomic E-state index is 0.0591. The molecule has 1 aromatic heterocycles. The van der Waals surface area contributed by atoms with Crippen molar-refractivity contribution in [3.05, 3.63) is 59.4 Å². The van der Waals surface area contributed by atoms with Crippen molar-refractivity contribution < 1.29 is 41.0 Å². The van der Waals surface area contributed by atoms with Crippen LogP contribution < -0.4 is 5.32 Å². The highest BCUT2D eigenvalue weighted by atomic mass is 19.4. The Bertz CT molecular complexity index is 1170. The van der Waals surface area contributed by atoms with E-state index < -0.39 is 48.5 Å². The van der Waals surface area contributed by atoms with E-state index in [1.54, 1.807) is 5.32 Å². The summed E-state index contributed by atoms with van der Waals surface area (Å²) in [5.74, 6) is -2.40. The van der Waals surface area contributed by atoms with Crippen LogP contribution in [0.2, 0.25) is 0 Å². The largest absolute Gasteiger partial charge is 0.446 e. The maximum absolute atomic E-state index is 14.4. The molecule has 1 heterocycles. The van der Waals surface area contributed by atoms with Gasteiger partial charge in [0.15, 0.2) is 6.04 Å². The monoisotopic (exact) mass is 472 g/mol. The standard InChI is InChI=1S/C22H18F6N2O3/c23-12-3-1-10(2-4-12)19-18(15-7-13(24)8-16(25)20(15)30-19)11-5-14(6-11)33-21(32)29-17(9-31)22(26,27)28/h1-4,7-8,11,14,17,30-31H,5-6,9H2,(H,29,32)/t11?,14?,17-/m1/s1. The lowest BCUT2D eigenvalue weighted by atomic mass is 9.75. The van der Waals surface area contributed by atoms with Crippen molar-refractivity contribution in [2.75, 3.05) is 6.61 Å². The van der Waals surface area contributed by atoms with Crippen molar-refractivity contribution in [1.82, 2.24) is 10.3 Å². The van der Waals surface area contributed by atoms with Crippen LogP contribution in [0.3, 0.4) is 0 Å². The van der Waals surface area contributed by atoms with Crippen molar-refractivity contribution in [2.45, 2.75) is 37.1 Å². The van der Waals surface area contributed by atoms with Crippen molar-refractivity contribution in [2.24, 2.45) is 0 Å². The number of hydrogen-bond donors (Lipinski definition) is 3. The van der Waals surface area contributed by atoms with Crippen LogP contribution in [-0.4, -0.2) is 41.1 Å². The van der Waals surface area contributed by atoms with E-state index in [1.807, 2.05) is 0 Å². The minimum atomic E-state index is -4.84. The fourth-order valence-electron chi connectivity index (χ4n) is 3.96. The number of aromatic nitrogens is 1. The van der Waals surface area contributed by atoms with Gasteiger partial charge in [0.2, 0.25) is 0 Å². The molecule has 0 radical (unpaired) electrons. The summed E-state index contributed by atoms with van der Waals surface area (Å²) in [5, 5.41) is 10.6. The van der Waals surface area contributed by atoms with Crippen molar-refractivity contribution in [3.63, 3.8) is 0 Å². The molecule has 3 aromatic rings. The number of benzene rings is 2. The van der Waals surface area contributed by atoms with Crippen molar-refractivity contribution in [1.29, 1.82) is 0 Å². The summed E-state index contributed by atoms with van der Waals surface area (Å²) in [6.45, 7) is -1.33. The first-order chi connectivity index (χ1) is 15.6. The van der Waals surface area contributed by atoms with Gasteiger partial charge < -0.3 is 20.1 Å². The van der Waals surface area contributed by atoms with Gasteiger partial charge in [0.05, 0.1) is 17.8 Å². The molecular formula is C22H18F6N2O3. The average Bonchev–Trinajstić information content (AvgIpc) is 3.07. The van der Waals surface area contributed by atoms with Gasteiger partial charge in [-0.2, -0.15) is 13.2 Å². The number of aromatic amines is 1. The molecule has 4 rings (SSSR count). The molecule has 2 aromatic carbocycles. The number of alkyl carbamates (subject to hydrolysis) is 1. The predicted molar refractivity (Wildman–Crippen MR) is 106 cm³/mol. The van der Waals surface area contributed by atoms with Gasteiger partial charge >= 0.3 is 12.3 Å². The van der Waals surface area contributed by atoms with Gasteiger partial charge in [-0.15, -0.1) is 0 Å². The third-order valence-corrected chi connectivity index (χ3v) is 5.64. The highest BCUT2D eigenvalue weighted by Crippen LogP contribution is 2.46. The third-order valence-electron chi connectivity index (χ3n) is 5.64. The Kier molecular flexibility index (Phi) is 6.00. The normalized spacial score (nSPS) is 19.2. The molecular weight excluding hydrogens is 454 g/mol. The maximum Gasteiger partial charge on any atom is 0.410 e. The number of halogens is 6. The number of carbonyl (C=O) groups excluding carboxylic acids is 1. The first kappa shape index (κ1) is 23.0. The number of aliphatic hydroxyl groups is 1. The molecule has 0 unspecified atom stereocenters. The lowest BCUT2D eigenvalue weighted by Crippen LogP contribution is -2.49. The molecule has 33 heavy (non-hydrogen) atoms. The summed E-state index contributed by atoms with van der Waals surface area (Å²) < 4.78 is 84.7. The molecule has 0 bridgehead atoms. The molecule has 1 aliphatic carbocycles. The number of alkyl halides is 3. The smallest absolute Gasteiger partial charge is 0.410 e. The Morgan fingerprint density at radius 2 is 1.79 bits per heavy atom. The van der Waals surface area contributed by atoms with E-state index in [-0.39, 0.29) is 29.7 Å². The first-order valence-electron chi connectivity index (χ1n) is 9.98. The Morgan fingerprint density at radius 3 is 2.39 bits per heavy atom. The van der Waals surface area contributed by atoms with Crippen LogP contribution in [0, 0.1) is 17.5 Å². The number of H-pyrrole nitrogens is 1. The van der Waals surface area contributed by atoms with Gasteiger partial charge in [-0.25, -0.2) is 18.0 Å². The van der Waals surface area contributed by atoms with Crippen LogP contribution in [0.4, 0.5) is 31.1 Å². The highest BCUT2D eigenvalue weighted by Gasteiger charge is 2.42. The zero-order chi connectivity index (χ0) is 23.9. The summed E-state index contributed by atoms with van der Waals surface area (Å²) in [7, 11) is 0. The summed E-state index contributed by atoms with van der Waals surface area (Å²) in [4.78, 5) is 14.7. The summed E-state index contributed by atoms with van der Waals surface area (Å²) in [5.41, 5.74) is 1.57. The lowest BCUT2D eigenvalue weighted by molar-refractivity contribution is -0.162. The predicted octanol–water partition coefficient (Wildman–Crippen LogP) is 5.15. The SMILES string of the molecule is O=C(N[C@H](CO)C(F)(F)F)OC1CC(c2c(-c3ccc(F)cc3)[nH]c3c(F)cc(F)cc23)C1. The molecule has 1 aliphatic rings. The van der Waals surface area contributed by atoms with E-state index in [2.05, 4.69) is 4.98 Å². The number of carbonyl (C=O) groups is 1. The molecule has 0 saturated heterocycles. The number of rotatable bonds is 5. The maximum atomic E-state index is 14.4. The Hall–Kier alpha value is -3.21. The van der Waals surface area contributed by atoms with Gasteiger partial charge in [0.1, 0.15) is 23.6 Å². The van der Waals surface area contributed by atoms with Crippen LogP contribution in [0.25, 0.3) is 22.2 Å². The minimum Gasteiger partial charge on any atom is -0.446 e. The van der Waals surface area contributed by atoms with Gasteiger partial charge in [-0.1, -0.05) is 0 Å². The molecule has 0 aliphatic heterocycles. The molecule has 1 amide bonds. The molecule has 176 valence electrons. The van der Waals surface area contributed by atoms with Gasteiger partial charge in [-0.3, -0.25) is 0 Å². The van der Waals surface area contributed by atoms with Crippen molar-refractivity contribution in [3.8, 4) is 11.3 Å². The Balaban J connectivity index is 1.56. The second kappa shape index (κ2) is 8.62. The fourth-order valence-corrected chi connectivity index (χ4v) is 3.96. The topological polar surface area (TPSA) is 74.3 Å². The zero-order valence-electron chi connectivity index (χ0n) is 16.8. The van der Waals surface area contributed by atoms with Crippen LogP contribution >= 0.6 is 0 Å². The van der Waals surface area contributed by atoms with Crippen LogP contribution in [0.15, 0.2) is 36.4 Å². The van der Waals surface area contributed by atoms with Gasteiger partial charge in [0.25, 0.3) is 0 Å². The average molecular weight is 472 g/mol. The fraction of sp³-hybridized carbons (Fsp3) is 0.318. The van der Waals surface area contributed by atoms with E-state index >= 15 is 0 Å².